The summed E-state index contributed by atoms with van der Waals surface area (Å²) in [7, 11) is 0. The number of nitrogens with zero attached hydrogens (tertiary/aromatic N) is 1. The van der Waals surface area contributed by atoms with Crippen LogP contribution >= 0.6 is 11.6 Å². The summed E-state index contributed by atoms with van der Waals surface area (Å²) < 4.78 is 56.8. The van der Waals surface area contributed by atoms with Crippen LogP contribution in [0.15, 0.2) is 18.2 Å². The van der Waals surface area contributed by atoms with E-state index in [1.165, 1.54) is 4.90 Å². The van der Waals surface area contributed by atoms with E-state index in [9.17, 15) is 22.4 Å². The molecule has 1 amide bonds. The molecule has 8 heteroatoms. The van der Waals surface area contributed by atoms with Gasteiger partial charge in [-0.05, 0) is 18.2 Å². The minimum atomic E-state index is -4.63. The Balaban J connectivity index is 2.26. The average molecular weight is 326 g/mol. The number of hydrogen-bond acceptors (Lipinski definition) is 2. The maximum atomic E-state index is 13.7. The SMILES string of the molecule is O=C(c1cc(C(F)(F)F)ccc1F)N1CCOC(CCl)C1. The van der Waals surface area contributed by atoms with Gasteiger partial charge in [-0.2, -0.15) is 13.2 Å². The third kappa shape index (κ3) is 3.65. The van der Waals surface area contributed by atoms with Crippen LogP contribution in [-0.4, -0.2) is 42.5 Å². The highest BCUT2D eigenvalue weighted by Gasteiger charge is 2.33. The zero-order valence-corrected chi connectivity index (χ0v) is 11.5. The predicted molar refractivity (Wildman–Crippen MR) is 67.8 cm³/mol. The number of ether oxygens (including phenoxy) is 1. The van der Waals surface area contributed by atoms with Crippen LogP contribution in [0, 0.1) is 5.82 Å². The van der Waals surface area contributed by atoms with Gasteiger partial charge in [0, 0.05) is 13.1 Å². The second kappa shape index (κ2) is 6.19. The number of morpholine rings is 1. The number of rotatable bonds is 2. The first-order valence-corrected chi connectivity index (χ1v) is 6.70. The number of carbonyl (C=O) groups is 1. The van der Waals surface area contributed by atoms with Gasteiger partial charge in [-0.1, -0.05) is 0 Å². The highest BCUT2D eigenvalue weighted by atomic mass is 35.5. The Morgan fingerprint density at radius 2 is 2.14 bits per heavy atom. The maximum absolute atomic E-state index is 13.7. The van der Waals surface area contributed by atoms with E-state index in [2.05, 4.69) is 0 Å². The van der Waals surface area contributed by atoms with Gasteiger partial charge in [-0.25, -0.2) is 4.39 Å². The summed E-state index contributed by atoms with van der Waals surface area (Å²) in [6.07, 6.45) is -5.04. The second-order valence-corrected chi connectivity index (χ2v) is 4.90. The first-order valence-electron chi connectivity index (χ1n) is 6.16. The lowest BCUT2D eigenvalue weighted by Crippen LogP contribution is -2.46. The molecule has 0 spiro atoms. The zero-order chi connectivity index (χ0) is 15.6. The predicted octanol–water partition coefficient (Wildman–Crippen LogP) is 2.92. The molecule has 2 rings (SSSR count). The van der Waals surface area contributed by atoms with Crippen molar-refractivity contribution in [3.63, 3.8) is 0 Å². The van der Waals surface area contributed by atoms with Gasteiger partial charge < -0.3 is 9.64 Å². The van der Waals surface area contributed by atoms with Gasteiger partial charge in [0.15, 0.2) is 0 Å². The fourth-order valence-electron chi connectivity index (χ4n) is 2.03. The molecule has 1 saturated heterocycles. The van der Waals surface area contributed by atoms with E-state index in [-0.39, 0.29) is 25.6 Å². The Hall–Kier alpha value is -1.34. The van der Waals surface area contributed by atoms with Crippen molar-refractivity contribution in [2.24, 2.45) is 0 Å². The number of amides is 1. The third-order valence-corrected chi connectivity index (χ3v) is 3.47. The summed E-state index contributed by atoms with van der Waals surface area (Å²) in [4.78, 5) is 13.4. The Bertz CT molecular complexity index is 535. The quantitative estimate of drug-likeness (QED) is 0.618. The molecule has 1 atom stereocenters. The highest BCUT2D eigenvalue weighted by molar-refractivity contribution is 6.18. The van der Waals surface area contributed by atoms with Crippen LogP contribution in [0.4, 0.5) is 17.6 Å². The smallest absolute Gasteiger partial charge is 0.373 e. The summed E-state index contributed by atoms with van der Waals surface area (Å²) in [5.41, 5.74) is -1.66. The number of benzene rings is 1. The van der Waals surface area contributed by atoms with E-state index in [1.54, 1.807) is 0 Å². The minimum Gasteiger partial charge on any atom is -0.373 e. The van der Waals surface area contributed by atoms with Crippen molar-refractivity contribution in [2.75, 3.05) is 25.6 Å². The largest absolute Gasteiger partial charge is 0.416 e. The molecular formula is C13H12ClF4NO2. The first kappa shape index (κ1) is 16.0. The molecule has 1 aliphatic heterocycles. The summed E-state index contributed by atoms with van der Waals surface area (Å²) in [5, 5.41) is 0. The number of halogens is 5. The summed E-state index contributed by atoms with van der Waals surface area (Å²) in [5.74, 6) is -1.63. The van der Waals surface area contributed by atoms with Crippen molar-refractivity contribution < 1.29 is 27.1 Å². The summed E-state index contributed by atoms with van der Waals surface area (Å²) >= 11 is 5.63. The van der Waals surface area contributed by atoms with Crippen LogP contribution in [-0.2, 0) is 10.9 Å². The summed E-state index contributed by atoms with van der Waals surface area (Å²) in [6.45, 7) is 0.517. The van der Waals surface area contributed by atoms with Gasteiger partial charge in [0.25, 0.3) is 5.91 Å². The maximum Gasteiger partial charge on any atom is 0.416 e. The normalized spacial score (nSPS) is 19.7. The van der Waals surface area contributed by atoms with Gasteiger partial charge in [-0.15, -0.1) is 11.6 Å². The number of carbonyl (C=O) groups excluding carboxylic acids is 1. The Morgan fingerprint density at radius 1 is 1.43 bits per heavy atom. The molecule has 0 bridgehead atoms. The standard InChI is InChI=1S/C13H12ClF4NO2/c14-6-9-7-19(3-4-21-9)12(20)10-5-8(13(16,17)18)1-2-11(10)15/h1-2,5,9H,3-4,6-7H2. The average Bonchev–Trinajstić information content (AvgIpc) is 2.46. The topological polar surface area (TPSA) is 29.5 Å². The van der Waals surface area contributed by atoms with E-state index in [4.69, 9.17) is 16.3 Å². The Labute approximate surface area is 123 Å². The van der Waals surface area contributed by atoms with Crippen LogP contribution in [0.5, 0.6) is 0 Å². The second-order valence-electron chi connectivity index (χ2n) is 4.59. The molecule has 116 valence electrons. The molecule has 1 aliphatic rings. The Morgan fingerprint density at radius 3 is 2.76 bits per heavy atom. The van der Waals surface area contributed by atoms with Crippen molar-refractivity contribution in [1.29, 1.82) is 0 Å². The van der Waals surface area contributed by atoms with Crippen LogP contribution < -0.4 is 0 Å². The van der Waals surface area contributed by atoms with Crippen molar-refractivity contribution >= 4 is 17.5 Å². The van der Waals surface area contributed by atoms with Crippen molar-refractivity contribution in [1.82, 2.24) is 4.90 Å². The molecule has 0 aliphatic carbocycles. The van der Waals surface area contributed by atoms with Gasteiger partial charge >= 0.3 is 6.18 Å². The van der Waals surface area contributed by atoms with Crippen LogP contribution in [0.25, 0.3) is 0 Å². The van der Waals surface area contributed by atoms with E-state index in [0.717, 1.165) is 0 Å². The molecule has 3 nitrogen and oxygen atoms in total. The molecule has 1 unspecified atom stereocenters. The fraction of sp³-hybridized carbons (Fsp3) is 0.462. The van der Waals surface area contributed by atoms with Crippen molar-refractivity contribution in [2.45, 2.75) is 12.3 Å². The van der Waals surface area contributed by atoms with Crippen LogP contribution in [0.3, 0.4) is 0 Å². The van der Waals surface area contributed by atoms with Crippen molar-refractivity contribution in [3.05, 3.63) is 35.1 Å². The van der Waals surface area contributed by atoms with Crippen LogP contribution in [0.2, 0.25) is 0 Å². The fourth-order valence-corrected chi connectivity index (χ4v) is 2.22. The van der Waals surface area contributed by atoms with Crippen molar-refractivity contribution in [3.8, 4) is 0 Å². The Kier molecular flexibility index (Phi) is 4.73. The molecule has 1 aromatic carbocycles. The highest BCUT2D eigenvalue weighted by Crippen LogP contribution is 2.30. The van der Waals surface area contributed by atoms with Gasteiger partial charge in [0.1, 0.15) is 5.82 Å². The minimum absolute atomic E-state index is 0.123. The molecule has 0 radical (unpaired) electrons. The van der Waals surface area contributed by atoms with Gasteiger partial charge in [0.2, 0.25) is 0 Å². The molecule has 1 fully saturated rings. The van der Waals surface area contributed by atoms with E-state index in [0.29, 0.717) is 18.2 Å². The molecule has 0 N–H and O–H groups in total. The van der Waals surface area contributed by atoms with E-state index < -0.39 is 35.1 Å². The van der Waals surface area contributed by atoms with E-state index in [1.807, 2.05) is 0 Å². The first-order chi connectivity index (χ1) is 9.82. The zero-order valence-electron chi connectivity index (χ0n) is 10.8. The lowest BCUT2D eigenvalue weighted by Gasteiger charge is -2.32. The number of alkyl halides is 4. The molecule has 0 saturated carbocycles. The lowest BCUT2D eigenvalue weighted by molar-refractivity contribution is -0.137. The molecule has 1 aromatic rings. The van der Waals surface area contributed by atoms with Gasteiger partial charge in [-0.3, -0.25) is 4.79 Å². The molecule has 0 aromatic heterocycles. The van der Waals surface area contributed by atoms with Gasteiger partial charge in [0.05, 0.1) is 29.7 Å². The third-order valence-electron chi connectivity index (χ3n) is 3.12. The lowest BCUT2D eigenvalue weighted by atomic mass is 10.1. The molecule has 1 heterocycles. The number of hydrogen-bond donors (Lipinski definition) is 0. The summed E-state index contributed by atoms with van der Waals surface area (Å²) in [6, 6.07) is 1.78. The van der Waals surface area contributed by atoms with E-state index >= 15 is 0 Å². The molecular weight excluding hydrogens is 314 g/mol. The molecule has 21 heavy (non-hydrogen) atoms. The van der Waals surface area contributed by atoms with Crippen LogP contribution in [0.1, 0.15) is 15.9 Å². The monoisotopic (exact) mass is 325 g/mol.